The van der Waals surface area contributed by atoms with E-state index >= 15 is 0 Å². The zero-order chi connectivity index (χ0) is 11.8. The van der Waals surface area contributed by atoms with Crippen molar-refractivity contribution in [3.05, 3.63) is 12.7 Å². The van der Waals surface area contributed by atoms with Crippen LogP contribution in [-0.2, 0) is 0 Å². The molecule has 1 heterocycles. The summed E-state index contributed by atoms with van der Waals surface area (Å²) in [6, 6.07) is 0.600. The predicted molar refractivity (Wildman–Crippen MR) is 70.8 cm³/mol. The molecule has 0 amide bonds. The third-order valence-corrected chi connectivity index (χ3v) is 3.45. The summed E-state index contributed by atoms with van der Waals surface area (Å²) in [4.78, 5) is 5.01. The highest BCUT2D eigenvalue weighted by Gasteiger charge is 2.13. The van der Waals surface area contributed by atoms with E-state index in [9.17, 15) is 0 Å². The molecule has 0 spiro atoms. The van der Waals surface area contributed by atoms with Crippen LogP contribution in [0.3, 0.4) is 0 Å². The molecule has 1 saturated heterocycles. The van der Waals surface area contributed by atoms with E-state index in [0.717, 1.165) is 13.1 Å². The Morgan fingerprint density at radius 2 is 2.12 bits per heavy atom. The molecule has 1 aliphatic heterocycles. The number of nitrogens with one attached hydrogen (secondary N) is 1. The molecule has 3 heteroatoms. The maximum Gasteiger partial charge on any atom is 0.0189 e. The van der Waals surface area contributed by atoms with Crippen LogP contribution in [0.25, 0.3) is 0 Å². The van der Waals surface area contributed by atoms with Crippen molar-refractivity contribution in [3.63, 3.8) is 0 Å². The number of hydrogen-bond donors (Lipinski definition) is 1. The highest BCUT2D eigenvalue weighted by atomic mass is 15.2. The zero-order valence-corrected chi connectivity index (χ0v) is 10.9. The van der Waals surface area contributed by atoms with Crippen LogP contribution in [0.5, 0.6) is 0 Å². The molecule has 0 radical (unpaired) electrons. The molecular weight excluding hydrogens is 198 g/mol. The molecule has 94 valence electrons. The summed E-state index contributed by atoms with van der Waals surface area (Å²) < 4.78 is 0. The standard InChI is InChI=1S/C13H27N3/c1-4-7-14-12-13(2)15(3)10-11-16-8-5-6-9-16/h4,13-14H,1,5-12H2,2-3H3. The lowest BCUT2D eigenvalue weighted by Gasteiger charge is -2.27. The third-order valence-electron chi connectivity index (χ3n) is 3.45. The molecule has 0 aliphatic carbocycles. The van der Waals surface area contributed by atoms with Crippen molar-refractivity contribution in [2.45, 2.75) is 25.8 Å². The molecule has 16 heavy (non-hydrogen) atoms. The van der Waals surface area contributed by atoms with Crippen molar-refractivity contribution >= 4 is 0 Å². The topological polar surface area (TPSA) is 18.5 Å². The van der Waals surface area contributed by atoms with Crippen molar-refractivity contribution in [2.75, 3.05) is 46.3 Å². The molecule has 1 unspecified atom stereocenters. The van der Waals surface area contributed by atoms with E-state index in [1.165, 1.54) is 39.0 Å². The number of rotatable bonds is 8. The normalized spacial score (nSPS) is 19.2. The molecule has 1 N–H and O–H groups in total. The highest BCUT2D eigenvalue weighted by molar-refractivity contribution is 4.74. The molecule has 1 atom stereocenters. The molecule has 0 saturated carbocycles. The molecule has 1 rings (SSSR count). The minimum absolute atomic E-state index is 0.600. The Labute approximate surface area is 100 Å². The molecular formula is C13H27N3. The Morgan fingerprint density at radius 3 is 2.75 bits per heavy atom. The average molecular weight is 225 g/mol. The van der Waals surface area contributed by atoms with Gasteiger partial charge in [0.25, 0.3) is 0 Å². The second kappa shape index (κ2) is 7.82. The van der Waals surface area contributed by atoms with E-state index in [4.69, 9.17) is 0 Å². The largest absolute Gasteiger partial charge is 0.312 e. The minimum Gasteiger partial charge on any atom is -0.312 e. The van der Waals surface area contributed by atoms with Crippen LogP contribution in [0.1, 0.15) is 19.8 Å². The van der Waals surface area contributed by atoms with Gasteiger partial charge in [0, 0.05) is 32.2 Å². The van der Waals surface area contributed by atoms with Gasteiger partial charge in [0.15, 0.2) is 0 Å². The zero-order valence-electron chi connectivity index (χ0n) is 10.9. The molecule has 0 aromatic carbocycles. The van der Waals surface area contributed by atoms with Gasteiger partial charge in [-0.2, -0.15) is 0 Å². The summed E-state index contributed by atoms with van der Waals surface area (Å²) >= 11 is 0. The average Bonchev–Trinajstić information content (AvgIpc) is 2.79. The summed E-state index contributed by atoms with van der Waals surface area (Å²) in [6.45, 7) is 12.9. The summed E-state index contributed by atoms with van der Waals surface area (Å²) in [5.41, 5.74) is 0. The first-order valence-corrected chi connectivity index (χ1v) is 6.48. The summed E-state index contributed by atoms with van der Waals surface area (Å²) in [5, 5.41) is 3.37. The second-order valence-corrected chi connectivity index (χ2v) is 4.83. The lowest BCUT2D eigenvalue weighted by atomic mass is 10.3. The van der Waals surface area contributed by atoms with Gasteiger partial charge in [-0.15, -0.1) is 6.58 Å². The van der Waals surface area contributed by atoms with E-state index in [2.05, 4.69) is 35.7 Å². The van der Waals surface area contributed by atoms with Gasteiger partial charge in [-0.05, 0) is 39.9 Å². The maximum atomic E-state index is 3.71. The van der Waals surface area contributed by atoms with Crippen LogP contribution in [-0.4, -0.2) is 62.2 Å². The first-order valence-electron chi connectivity index (χ1n) is 6.48. The van der Waals surface area contributed by atoms with Crippen molar-refractivity contribution < 1.29 is 0 Å². The van der Waals surface area contributed by atoms with Crippen molar-refractivity contribution in [2.24, 2.45) is 0 Å². The number of hydrogen-bond acceptors (Lipinski definition) is 3. The number of likely N-dealkylation sites (N-methyl/N-ethyl adjacent to an activating group) is 1. The monoisotopic (exact) mass is 225 g/mol. The van der Waals surface area contributed by atoms with Gasteiger partial charge >= 0.3 is 0 Å². The van der Waals surface area contributed by atoms with Gasteiger partial charge < -0.3 is 15.1 Å². The quantitative estimate of drug-likeness (QED) is 0.494. The molecule has 0 aromatic rings. The fourth-order valence-corrected chi connectivity index (χ4v) is 2.08. The molecule has 1 fully saturated rings. The first kappa shape index (κ1) is 13.7. The fraction of sp³-hybridized carbons (Fsp3) is 0.846. The van der Waals surface area contributed by atoms with E-state index in [1.54, 1.807) is 0 Å². The van der Waals surface area contributed by atoms with Gasteiger partial charge in [-0.1, -0.05) is 6.08 Å². The SMILES string of the molecule is C=CCNCC(C)N(C)CCN1CCCC1. The van der Waals surface area contributed by atoms with Crippen LogP contribution < -0.4 is 5.32 Å². The molecule has 3 nitrogen and oxygen atoms in total. The number of nitrogens with zero attached hydrogens (tertiary/aromatic N) is 2. The highest BCUT2D eigenvalue weighted by Crippen LogP contribution is 2.06. The first-order chi connectivity index (χ1) is 7.74. The summed E-state index contributed by atoms with van der Waals surface area (Å²) in [6.07, 6.45) is 4.69. The second-order valence-electron chi connectivity index (χ2n) is 4.83. The van der Waals surface area contributed by atoms with Crippen LogP contribution in [0, 0.1) is 0 Å². The van der Waals surface area contributed by atoms with E-state index in [-0.39, 0.29) is 0 Å². The Hall–Kier alpha value is -0.380. The molecule has 0 bridgehead atoms. The van der Waals surface area contributed by atoms with Gasteiger partial charge in [0.05, 0.1) is 0 Å². The van der Waals surface area contributed by atoms with Crippen molar-refractivity contribution in [1.82, 2.24) is 15.1 Å². The third kappa shape index (κ3) is 5.10. The van der Waals surface area contributed by atoms with Crippen molar-refractivity contribution in [3.8, 4) is 0 Å². The Bertz CT molecular complexity index is 188. The van der Waals surface area contributed by atoms with Gasteiger partial charge in [0.1, 0.15) is 0 Å². The van der Waals surface area contributed by atoms with Gasteiger partial charge in [-0.25, -0.2) is 0 Å². The van der Waals surface area contributed by atoms with Crippen LogP contribution in [0.2, 0.25) is 0 Å². The summed E-state index contributed by atoms with van der Waals surface area (Å²) in [5.74, 6) is 0. The predicted octanol–water partition coefficient (Wildman–Crippen LogP) is 1.18. The smallest absolute Gasteiger partial charge is 0.0189 e. The minimum atomic E-state index is 0.600. The van der Waals surface area contributed by atoms with Gasteiger partial charge in [-0.3, -0.25) is 0 Å². The van der Waals surface area contributed by atoms with Gasteiger partial charge in [0.2, 0.25) is 0 Å². The van der Waals surface area contributed by atoms with E-state index in [0.29, 0.717) is 6.04 Å². The summed E-state index contributed by atoms with van der Waals surface area (Å²) in [7, 11) is 2.22. The maximum absolute atomic E-state index is 3.71. The Kier molecular flexibility index (Phi) is 6.69. The van der Waals surface area contributed by atoms with E-state index in [1.807, 2.05) is 6.08 Å². The lowest BCUT2D eigenvalue weighted by molar-refractivity contribution is 0.212. The lowest BCUT2D eigenvalue weighted by Crippen LogP contribution is -2.41. The van der Waals surface area contributed by atoms with E-state index < -0.39 is 0 Å². The van der Waals surface area contributed by atoms with Crippen LogP contribution in [0.15, 0.2) is 12.7 Å². The fourth-order valence-electron chi connectivity index (χ4n) is 2.08. The number of likely N-dealkylation sites (tertiary alicyclic amines) is 1. The van der Waals surface area contributed by atoms with Crippen molar-refractivity contribution in [1.29, 1.82) is 0 Å². The Morgan fingerprint density at radius 1 is 1.44 bits per heavy atom. The molecule has 1 aliphatic rings. The molecule has 0 aromatic heterocycles. The Balaban J connectivity index is 2.07. The van der Waals surface area contributed by atoms with Crippen LogP contribution >= 0.6 is 0 Å². The van der Waals surface area contributed by atoms with Crippen LogP contribution in [0.4, 0.5) is 0 Å².